The van der Waals surface area contributed by atoms with Gasteiger partial charge in [-0.2, -0.15) is 0 Å². The molecule has 0 radical (unpaired) electrons. The zero-order valence-electron chi connectivity index (χ0n) is 10.5. The molecule has 0 aliphatic rings. The van der Waals surface area contributed by atoms with Crippen molar-refractivity contribution in [1.29, 1.82) is 0 Å². The lowest BCUT2D eigenvalue weighted by atomic mass is 9.86. The van der Waals surface area contributed by atoms with Crippen LogP contribution in [-0.4, -0.2) is 4.57 Å². The Labute approximate surface area is 97.7 Å². The van der Waals surface area contributed by atoms with Gasteiger partial charge in [-0.15, -0.1) is 0 Å². The molecule has 0 N–H and O–H groups in total. The Balaban J connectivity index is 2.33. The number of nitrogens with zero attached hydrogens (tertiary/aromatic N) is 1. The SMILES string of the molecule is Cn1ccc(-c2ccc(C(C)(C)C)cc2)c1. The minimum Gasteiger partial charge on any atom is -0.357 e. The van der Waals surface area contributed by atoms with Gasteiger partial charge in [0.1, 0.15) is 0 Å². The maximum absolute atomic E-state index is 2.24. The Morgan fingerprint density at radius 2 is 1.50 bits per heavy atom. The third-order valence-electron chi connectivity index (χ3n) is 2.92. The van der Waals surface area contributed by atoms with Crippen LogP contribution in [0.25, 0.3) is 11.1 Å². The number of rotatable bonds is 1. The Morgan fingerprint density at radius 1 is 0.875 bits per heavy atom. The molecule has 2 aromatic rings. The first kappa shape index (κ1) is 11.0. The molecule has 0 aliphatic carbocycles. The smallest absolute Gasteiger partial charge is 0.0110 e. The van der Waals surface area contributed by atoms with Gasteiger partial charge in [-0.05, 0) is 28.2 Å². The lowest BCUT2D eigenvalue weighted by Gasteiger charge is -2.19. The Morgan fingerprint density at radius 3 is 1.94 bits per heavy atom. The van der Waals surface area contributed by atoms with Crippen molar-refractivity contribution in [3.63, 3.8) is 0 Å². The molecular formula is C15H19N. The fraction of sp³-hybridized carbons (Fsp3) is 0.333. The maximum atomic E-state index is 2.24. The van der Waals surface area contributed by atoms with Crippen LogP contribution in [0.4, 0.5) is 0 Å². The molecule has 0 fully saturated rings. The minimum atomic E-state index is 0.231. The van der Waals surface area contributed by atoms with E-state index < -0.39 is 0 Å². The average molecular weight is 213 g/mol. The maximum Gasteiger partial charge on any atom is 0.0110 e. The van der Waals surface area contributed by atoms with Crippen LogP contribution in [0.2, 0.25) is 0 Å². The van der Waals surface area contributed by atoms with Gasteiger partial charge in [0.25, 0.3) is 0 Å². The summed E-state index contributed by atoms with van der Waals surface area (Å²) in [5, 5.41) is 0. The molecule has 1 heterocycles. The van der Waals surface area contributed by atoms with E-state index in [1.165, 1.54) is 16.7 Å². The van der Waals surface area contributed by atoms with Gasteiger partial charge >= 0.3 is 0 Å². The van der Waals surface area contributed by atoms with Crippen molar-refractivity contribution in [2.75, 3.05) is 0 Å². The fourth-order valence-corrected chi connectivity index (χ4v) is 1.84. The standard InChI is InChI=1S/C15H19N/c1-15(2,3)14-7-5-12(6-8-14)13-9-10-16(4)11-13/h5-11H,1-4H3. The van der Waals surface area contributed by atoms with Gasteiger partial charge in [0.15, 0.2) is 0 Å². The molecule has 0 aliphatic heterocycles. The van der Waals surface area contributed by atoms with Gasteiger partial charge in [-0.1, -0.05) is 45.0 Å². The van der Waals surface area contributed by atoms with Crippen molar-refractivity contribution in [3.8, 4) is 11.1 Å². The van der Waals surface area contributed by atoms with Crippen LogP contribution in [0.15, 0.2) is 42.7 Å². The Hall–Kier alpha value is -1.50. The molecule has 1 aromatic carbocycles. The second-order valence-electron chi connectivity index (χ2n) is 5.39. The van der Waals surface area contributed by atoms with Crippen molar-refractivity contribution < 1.29 is 0 Å². The lowest BCUT2D eigenvalue weighted by Crippen LogP contribution is -2.10. The van der Waals surface area contributed by atoms with E-state index in [0.717, 1.165) is 0 Å². The van der Waals surface area contributed by atoms with Crippen molar-refractivity contribution in [2.45, 2.75) is 26.2 Å². The Bertz CT molecular complexity index is 469. The van der Waals surface area contributed by atoms with Crippen LogP contribution in [0.5, 0.6) is 0 Å². The summed E-state index contributed by atoms with van der Waals surface area (Å²) in [4.78, 5) is 0. The molecule has 1 aromatic heterocycles. The molecule has 0 saturated heterocycles. The number of benzene rings is 1. The summed E-state index contributed by atoms with van der Waals surface area (Å²) in [7, 11) is 2.05. The summed E-state index contributed by atoms with van der Waals surface area (Å²) in [6, 6.07) is 11.0. The second kappa shape index (κ2) is 3.82. The van der Waals surface area contributed by atoms with Gasteiger partial charge in [0.2, 0.25) is 0 Å². The molecule has 1 heteroatoms. The topological polar surface area (TPSA) is 4.93 Å². The van der Waals surface area contributed by atoms with E-state index in [9.17, 15) is 0 Å². The first-order valence-electron chi connectivity index (χ1n) is 5.70. The zero-order valence-corrected chi connectivity index (χ0v) is 10.5. The molecular weight excluding hydrogens is 194 g/mol. The molecule has 2 rings (SSSR count). The number of aromatic nitrogens is 1. The van der Waals surface area contributed by atoms with E-state index in [-0.39, 0.29) is 5.41 Å². The highest BCUT2D eigenvalue weighted by Gasteiger charge is 2.12. The predicted molar refractivity (Wildman–Crippen MR) is 69.5 cm³/mol. The summed E-state index contributed by atoms with van der Waals surface area (Å²) >= 11 is 0. The van der Waals surface area contributed by atoms with Gasteiger partial charge in [-0.25, -0.2) is 0 Å². The highest BCUT2D eigenvalue weighted by molar-refractivity contribution is 5.63. The highest BCUT2D eigenvalue weighted by atomic mass is 14.9. The molecule has 0 amide bonds. The first-order chi connectivity index (χ1) is 7.47. The summed E-state index contributed by atoms with van der Waals surface area (Å²) in [6.07, 6.45) is 4.22. The van der Waals surface area contributed by atoms with E-state index in [4.69, 9.17) is 0 Å². The third-order valence-corrected chi connectivity index (χ3v) is 2.92. The lowest BCUT2D eigenvalue weighted by molar-refractivity contribution is 0.590. The Kier molecular flexibility index (Phi) is 2.63. The van der Waals surface area contributed by atoms with E-state index in [0.29, 0.717) is 0 Å². The summed E-state index contributed by atoms with van der Waals surface area (Å²) in [6.45, 7) is 6.72. The van der Waals surface area contributed by atoms with Crippen molar-refractivity contribution in [3.05, 3.63) is 48.3 Å². The monoisotopic (exact) mass is 213 g/mol. The van der Waals surface area contributed by atoms with Gasteiger partial charge < -0.3 is 4.57 Å². The number of aryl methyl sites for hydroxylation is 1. The molecule has 0 atom stereocenters. The number of hydrogen-bond donors (Lipinski definition) is 0. The van der Waals surface area contributed by atoms with E-state index in [1.54, 1.807) is 0 Å². The zero-order chi connectivity index (χ0) is 11.8. The molecule has 0 bridgehead atoms. The molecule has 16 heavy (non-hydrogen) atoms. The van der Waals surface area contributed by atoms with Crippen LogP contribution in [-0.2, 0) is 12.5 Å². The molecule has 1 nitrogen and oxygen atoms in total. The minimum absolute atomic E-state index is 0.231. The van der Waals surface area contributed by atoms with E-state index in [2.05, 4.69) is 68.1 Å². The second-order valence-corrected chi connectivity index (χ2v) is 5.39. The first-order valence-corrected chi connectivity index (χ1v) is 5.70. The molecule has 0 saturated carbocycles. The van der Waals surface area contributed by atoms with Gasteiger partial charge in [-0.3, -0.25) is 0 Å². The molecule has 84 valence electrons. The van der Waals surface area contributed by atoms with Crippen LogP contribution < -0.4 is 0 Å². The van der Waals surface area contributed by atoms with Crippen LogP contribution >= 0.6 is 0 Å². The van der Waals surface area contributed by atoms with Crippen molar-refractivity contribution in [1.82, 2.24) is 4.57 Å². The quantitative estimate of drug-likeness (QED) is 0.675. The summed E-state index contributed by atoms with van der Waals surface area (Å²) in [5.74, 6) is 0. The van der Waals surface area contributed by atoms with Crippen molar-refractivity contribution in [2.24, 2.45) is 7.05 Å². The van der Waals surface area contributed by atoms with Crippen molar-refractivity contribution >= 4 is 0 Å². The van der Waals surface area contributed by atoms with Crippen LogP contribution in [0.1, 0.15) is 26.3 Å². The average Bonchev–Trinajstić information content (AvgIpc) is 2.64. The van der Waals surface area contributed by atoms with E-state index >= 15 is 0 Å². The largest absolute Gasteiger partial charge is 0.357 e. The van der Waals surface area contributed by atoms with E-state index in [1.807, 2.05) is 7.05 Å². The summed E-state index contributed by atoms with van der Waals surface area (Å²) < 4.78 is 2.08. The fourth-order valence-electron chi connectivity index (χ4n) is 1.84. The van der Waals surface area contributed by atoms with Gasteiger partial charge in [0, 0.05) is 19.4 Å². The normalized spacial score (nSPS) is 11.8. The molecule has 0 spiro atoms. The van der Waals surface area contributed by atoms with Crippen LogP contribution in [0.3, 0.4) is 0 Å². The number of hydrogen-bond acceptors (Lipinski definition) is 0. The van der Waals surface area contributed by atoms with Gasteiger partial charge in [0.05, 0.1) is 0 Å². The third kappa shape index (κ3) is 2.19. The summed E-state index contributed by atoms with van der Waals surface area (Å²) in [5.41, 5.74) is 4.18. The predicted octanol–water partition coefficient (Wildman–Crippen LogP) is 3.99. The highest BCUT2D eigenvalue weighted by Crippen LogP contribution is 2.26. The van der Waals surface area contributed by atoms with Crippen LogP contribution in [0, 0.1) is 0 Å². The molecule has 0 unspecified atom stereocenters.